The van der Waals surface area contributed by atoms with Gasteiger partial charge in [0.1, 0.15) is 12.2 Å². The van der Waals surface area contributed by atoms with Crippen molar-refractivity contribution < 1.29 is 19.1 Å². The third kappa shape index (κ3) is 5.81. The SMILES string of the molecule is CCN(C(=O)OC(C)(C)C)c1ccc(COC(C)=O)nc1. The van der Waals surface area contributed by atoms with Crippen molar-refractivity contribution in [3.05, 3.63) is 24.0 Å². The van der Waals surface area contributed by atoms with E-state index in [1.165, 1.54) is 11.8 Å². The van der Waals surface area contributed by atoms with Gasteiger partial charge in [0.05, 0.1) is 17.6 Å². The molecule has 0 saturated heterocycles. The molecule has 6 nitrogen and oxygen atoms in total. The standard InChI is InChI=1S/C15H22N2O4/c1-6-17(14(19)21-15(3,4)5)13-8-7-12(16-9-13)10-20-11(2)18/h7-9H,6,10H2,1-5H3. The predicted molar refractivity (Wildman–Crippen MR) is 79.0 cm³/mol. The van der Waals surface area contributed by atoms with Crippen molar-refractivity contribution in [3.63, 3.8) is 0 Å². The summed E-state index contributed by atoms with van der Waals surface area (Å²) in [6.07, 6.45) is 1.14. The van der Waals surface area contributed by atoms with Gasteiger partial charge in [-0.3, -0.25) is 14.7 Å². The van der Waals surface area contributed by atoms with Crippen LogP contribution in [-0.2, 0) is 20.9 Å². The Hall–Kier alpha value is -2.11. The molecule has 0 aliphatic heterocycles. The molecule has 0 aromatic carbocycles. The van der Waals surface area contributed by atoms with Crippen LogP contribution in [0.2, 0.25) is 0 Å². The van der Waals surface area contributed by atoms with E-state index in [1.54, 1.807) is 18.3 Å². The Morgan fingerprint density at radius 1 is 1.29 bits per heavy atom. The zero-order valence-corrected chi connectivity index (χ0v) is 13.2. The maximum Gasteiger partial charge on any atom is 0.414 e. The summed E-state index contributed by atoms with van der Waals surface area (Å²) in [5.74, 6) is -0.357. The summed E-state index contributed by atoms with van der Waals surface area (Å²) >= 11 is 0. The molecule has 1 amide bonds. The number of rotatable bonds is 4. The number of aromatic nitrogens is 1. The number of carbonyl (C=O) groups excluding carboxylic acids is 2. The first-order valence-corrected chi connectivity index (χ1v) is 6.81. The number of nitrogens with zero attached hydrogens (tertiary/aromatic N) is 2. The Bertz CT molecular complexity index is 491. The molecular weight excluding hydrogens is 272 g/mol. The van der Waals surface area contributed by atoms with E-state index in [1.807, 2.05) is 27.7 Å². The average molecular weight is 294 g/mol. The molecule has 0 aliphatic carbocycles. The monoisotopic (exact) mass is 294 g/mol. The zero-order valence-electron chi connectivity index (χ0n) is 13.2. The highest BCUT2D eigenvalue weighted by atomic mass is 16.6. The summed E-state index contributed by atoms with van der Waals surface area (Å²) in [5, 5.41) is 0. The lowest BCUT2D eigenvalue weighted by Gasteiger charge is -2.26. The van der Waals surface area contributed by atoms with Gasteiger partial charge in [0.25, 0.3) is 0 Å². The number of ether oxygens (including phenoxy) is 2. The molecule has 0 unspecified atom stereocenters. The Labute approximate surface area is 125 Å². The van der Waals surface area contributed by atoms with Crippen LogP contribution in [-0.4, -0.2) is 29.2 Å². The molecule has 0 aliphatic rings. The quantitative estimate of drug-likeness (QED) is 0.799. The molecular formula is C15H22N2O4. The molecule has 6 heteroatoms. The van der Waals surface area contributed by atoms with Gasteiger partial charge < -0.3 is 9.47 Å². The molecule has 0 saturated carbocycles. The van der Waals surface area contributed by atoms with Crippen LogP contribution in [0.3, 0.4) is 0 Å². The lowest BCUT2D eigenvalue weighted by atomic mass is 10.2. The maximum absolute atomic E-state index is 12.1. The molecule has 0 fully saturated rings. The van der Waals surface area contributed by atoms with Crippen molar-refractivity contribution >= 4 is 17.7 Å². The van der Waals surface area contributed by atoms with Crippen LogP contribution >= 0.6 is 0 Å². The fourth-order valence-corrected chi connectivity index (χ4v) is 1.57. The van der Waals surface area contributed by atoms with E-state index in [0.717, 1.165) is 0 Å². The predicted octanol–water partition coefficient (Wildman–Crippen LogP) is 2.91. The van der Waals surface area contributed by atoms with Crippen molar-refractivity contribution in [2.24, 2.45) is 0 Å². The first-order chi connectivity index (χ1) is 9.73. The van der Waals surface area contributed by atoms with E-state index in [4.69, 9.17) is 9.47 Å². The highest BCUT2D eigenvalue weighted by Gasteiger charge is 2.22. The van der Waals surface area contributed by atoms with Gasteiger partial charge in [-0.05, 0) is 39.8 Å². The summed E-state index contributed by atoms with van der Waals surface area (Å²) in [7, 11) is 0. The van der Waals surface area contributed by atoms with Gasteiger partial charge in [-0.1, -0.05) is 0 Å². The number of amides is 1. The zero-order chi connectivity index (χ0) is 16.0. The van der Waals surface area contributed by atoms with Crippen LogP contribution in [0.5, 0.6) is 0 Å². The first kappa shape index (κ1) is 16.9. The summed E-state index contributed by atoms with van der Waals surface area (Å²) in [6, 6.07) is 3.46. The summed E-state index contributed by atoms with van der Waals surface area (Å²) < 4.78 is 10.2. The van der Waals surface area contributed by atoms with E-state index in [9.17, 15) is 9.59 Å². The smallest absolute Gasteiger partial charge is 0.414 e. The molecule has 1 heterocycles. The van der Waals surface area contributed by atoms with E-state index >= 15 is 0 Å². The molecule has 0 radical (unpaired) electrons. The van der Waals surface area contributed by atoms with Crippen LogP contribution < -0.4 is 4.90 Å². The van der Waals surface area contributed by atoms with Gasteiger partial charge in [0.2, 0.25) is 0 Å². The molecule has 1 rings (SSSR count). The van der Waals surface area contributed by atoms with Crippen LogP contribution in [0.1, 0.15) is 40.3 Å². The molecule has 116 valence electrons. The average Bonchev–Trinajstić information content (AvgIpc) is 2.36. The van der Waals surface area contributed by atoms with Gasteiger partial charge in [-0.15, -0.1) is 0 Å². The van der Waals surface area contributed by atoms with E-state index in [-0.39, 0.29) is 12.6 Å². The van der Waals surface area contributed by atoms with E-state index in [2.05, 4.69) is 4.98 Å². The second-order valence-electron chi connectivity index (χ2n) is 5.51. The van der Waals surface area contributed by atoms with Gasteiger partial charge >= 0.3 is 12.1 Å². The molecule has 0 spiro atoms. The Morgan fingerprint density at radius 2 is 1.95 bits per heavy atom. The molecule has 21 heavy (non-hydrogen) atoms. The number of pyridine rings is 1. The summed E-state index contributed by atoms with van der Waals surface area (Å²) in [5.41, 5.74) is 0.709. The third-order valence-corrected chi connectivity index (χ3v) is 2.47. The molecule has 0 atom stereocenters. The van der Waals surface area contributed by atoms with Crippen molar-refractivity contribution in [2.45, 2.75) is 46.8 Å². The van der Waals surface area contributed by atoms with E-state index in [0.29, 0.717) is 17.9 Å². The van der Waals surface area contributed by atoms with Crippen LogP contribution in [0.25, 0.3) is 0 Å². The van der Waals surface area contributed by atoms with Gasteiger partial charge in [0.15, 0.2) is 0 Å². The normalized spacial score (nSPS) is 10.9. The number of carbonyl (C=O) groups is 2. The fraction of sp³-hybridized carbons (Fsp3) is 0.533. The second-order valence-corrected chi connectivity index (χ2v) is 5.51. The topological polar surface area (TPSA) is 68.7 Å². The van der Waals surface area contributed by atoms with Crippen LogP contribution in [0, 0.1) is 0 Å². The van der Waals surface area contributed by atoms with Crippen molar-refractivity contribution in [1.29, 1.82) is 0 Å². The van der Waals surface area contributed by atoms with Crippen LogP contribution in [0.15, 0.2) is 18.3 Å². The van der Waals surface area contributed by atoms with Gasteiger partial charge in [-0.2, -0.15) is 0 Å². The third-order valence-electron chi connectivity index (χ3n) is 2.47. The number of esters is 1. The fourth-order valence-electron chi connectivity index (χ4n) is 1.57. The highest BCUT2D eigenvalue weighted by molar-refractivity contribution is 5.87. The largest absolute Gasteiger partial charge is 0.459 e. The van der Waals surface area contributed by atoms with Gasteiger partial charge in [-0.25, -0.2) is 4.79 Å². The van der Waals surface area contributed by atoms with Crippen molar-refractivity contribution in [3.8, 4) is 0 Å². The van der Waals surface area contributed by atoms with Crippen molar-refractivity contribution in [1.82, 2.24) is 4.98 Å². The summed E-state index contributed by atoms with van der Waals surface area (Å²) in [4.78, 5) is 28.5. The number of hydrogen-bond acceptors (Lipinski definition) is 5. The second kappa shape index (κ2) is 7.06. The van der Waals surface area contributed by atoms with Crippen LogP contribution in [0.4, 0.5) is 10.5 Å². The Balaban J connectivity index is 2.77. The Kier molecular flexibility index (Phi) is 5.69. The molecule has 0 N–H and O–H groups in total. The maximum atomic E-state index is 12.1. The minimum atomic E-state index is -0.548. The molecule has 1 aromatic rings. The lowest BCUT2D eigenvalue weighted by Crippen LogP contribution is -2.36. The minimum absolute atomic E-state index is 0.119. The van der Waals surface area contributed by atoms with Crippen molar-refractivity contribution in [2.75, 3.05) is 11.4 Å². The molecule has 1 aromatic heterocycles. The Morgan fingerprint density at radius 3 is 2.38 bits per heavy atom. The van der Waals surface area contributed by atoms with Gasteiger partial charge in [0, 0.05) is 13.5 Å². The summed E-state index contributed by atoms with van der Waals surface area (Å²) in [6.45, 7) is 9.25. The number of anilines is 1. The lowest BCUT2D eigenvalue weighted by molar-refractivity contribution is -0.142. The minimum Gasteiger partial charge on any atom is -0.459 e. The molecule has 0 bridgehead atoms. The highest BCUT2D eigenvalue weighted by Crippen LogP contribution is 2.17. The first-order valence-electron chi connectivity index (χ1n) is 6.81. The number of hydrogen-bond donors (Lipinski definition) is 0. The van der Waals surface area contributed by atoms with E-state index < -0.39 is 11.7 Å².